The van der Waals surface area contributed by atoms with Gasteiger partial charge in [0, 0.05) is 37.2 Å². The molecule has 1 fully saturated rings. The topological polar surface area (TPSA) is 109 Å². The van der Waals surface area contributed by atoms with E-state index < -0.39 is 5.41 Å². The number of rotatable bonds is 7. The standard InChI is InChI=1S/C29H28N4O4/c1-35-26-12-11-24(37-23-5-3-2-4-6-23)17-25(26)33-27(34)29(13-15-36-16-14-29)22-9-7-20(8-10-22)21-18-31-28(30)32-19-21/h2-12,17-19H,13-16H2,1H3,(H,33,34)(H2,30,31,32). The lowest BCUT2D eigenvalue weighted by molar-refractivity contribution is -0.125. The summed E-state index contributed by atoms with van der Waals surface area (Å²) < 4.78 is 17.1. The lowest BCUT2D eigenvalue weighted by Gasteiger charge is -2.36. The Kier molecular flexibility index (Phi) is 7.00. The number of hydrogen-bond donors (Lipinski definition) is 2. The zero-order chi connectivity index (χ0) is 25.7. The van der Waals surface area contributed by atoms with Gasteiger partial charge in [-0.3, -0.25) is 4.79 Å². The third-order valence-corrected chi connectivity index (χ3v) is 6.62. The van der Waals surface area contributed by atoms with E-state index in [-0.39, 0.29) is 11.9 Å². The summed E-state index contributed by atoms with van der Waals surface area (Å²) in [5, 5.41) is 3.12. The summed E-state index contributed by atoms with van der Waals surface area (Å²) in [6, 6.07) is 22.8. The van der Waals surface area contributed by atoms with E-state index in [9.17, 15) is 4.79 Å². The van der Waals surface area contributed by atoms with Crippen molar-refractivity contribution in [1.82, 2.24) is 9.97 Å². The number of nitrogen functional groups attached to an aromatic ring is 1. The quantitative estimate of drug-likeness (QED) is 0.361. The van der Waals surface area contributed by atoms with Gasteiger partial charge in [0.1, 0.15) is 17.2 Å². The SMILES string of the molecule is COc1ccc(Oc2ccccc2)cc1NC(=O)C1(c2ccc(-c3cnc(N)nc3)cc2)CCOCC1. The molecule has 2 heterocycles. The second kappa shape index (κ2) is 10.7. The molecule has 188 valence electrons. The minimum Gasteiger partial charge on any atom is -0.495 e. The second-order valence-corrected chi connectivity index (χ2v) is 8.83. The molecule has 3 N–H and O–H groups in total. The predicted molar refractivity (Wildman–Crippen MR) is 142 cm³/mol. The maximum absolute atomic E-state index is 13.9. The highest BCUT2D eigenvalue weighted by Gasteiger charge is 2.42. The average Bonchev–Trinajstić information content (AvgIpc) is 2.95. The van der Waals surface area contributed by atoms with Crippen LogP contribution in [-0.4, -0.2) is 36.2 Å². The number of benzene rings is 3. The van der Waals surface area contributed by atoms with Crippen molar-refractivity contribution in [3.63, 3.8) is 0 Å². The highest BCUT2D eigenvalue weighted by molar-refractivity contribution is 6.00. The number of hydrogen-bond acceptors (Lipinski definition) is 7. The molecule has 0 radical (unpaired) electrons. The van der Waals surface area contributed by atoms with Gasteiger partial charge < -0.3 is 25.3 Å². The van der Waals surface area contributed by atoms with E-state index in [1.165, 1.54) is 0 Å². The summed E-state index contributed by atoms with van der Waals surface area (Å²) in [6.45, 7) is 0.991. The summed E-state index contributed by atoms with van der Waals surface area (Å²) in [5.41, 5.74) is 8.12. The number of aromatic nitrogens is 2. The van der Waals surface area contributed by atoms with Crippen molar-refractivity contribution in [2.24, 2.45) is 0 Å². The van der Waals surface area contributed by atoms with Crippen LogP contribution in [0, 0.1) is 0 Å². The Labute approximate surface area is 215 Å². The van der Waals surface area contributed by atoms with Gasteiger partial charge >= 0.3 is 0 Å². The molecule has 1 aromatic heterocycles. The number of carbonyl (C=O) groups is 1. The first kappa shape index (κ1) is 24.3. The van der Waals surface area contributed by atoms with Gasteiger partial charge in [0.15, 0.2) is 0 Å². The largest absolute Gasteiger partial charge is 0.495 e. The van der Waals surface area contributed by atoms with E-state index in [4.69, 9.17) is 19.9 Å². The summed E-state index contributed by atoms with van der Waals surface area (Å²) in [6.07, 6.45) is 4.49. The van der Waals surface area contributed by atoms with Gasteiger partial charge in [-0.1, -0.05) is 42.5 Å². The van der Waals surface area contributed by atoms with Gasteiger partial charge in [0.25, 0.3) is 0 Å². The van der Waals surface area contributed by atoms with E-state index in [1.54, 1.807) is 31.6 Å². The number of nitrogens with zero attached hydrogens (tertiary/aromatic N) is 2. The van der Waals surface area contributed by atoms with Crippen LogP contribution in [0.25, 0.3) is 11.1 Å². The fraction of sp³-hybridized carbons (Fsp3) is 0.207. The molecule has 0 spiro atoms. The Morgan fingerprint density at radius 2 is 1.62 bits per heavy atom. The zero-order valence-corrected chi connectivity index (χ0v) is 20.5. The molecular formula is C29H28N4O4. The minimum absolute atomic E-state index is 0.116. The van der Waals surface area contributed by atoms with E-state index in [0.717, 1.165) is 16.7 Å². The predicted octanol–water partition coefficient (Wildman–Crippen LogP) is 5.21. The Balaban J connectivity index is 1.43. The number of anilines is 2. The fourth-order valence-electron chi connectivity index (χ4n) is 4.55. The van der Waals surface area contributed by atoms with Crippen LogP contribution in [0.2, 0.25) is 0 Å². The van der Waals surface area contributed by atoms with Crippen LogP contribution in [-0.2, 0) is 14.9 Å². The molecule has 37 heavy (non-hydrogen) atoms. The molecule has 1 saturated heterocycles. The molecule has 0 atom stereocenters. The third kappa shape index (κ3) is 5.24. The number of nitrogens with two attached hydrogens (primary N) is 1. The normalized spacial score (nSPS) is 14.5. The molecule has 1 aliphatic heterocycles. The first-order valence-electron chi connectivity index (χ1n) is 12.1. The van der Waals surface area contributed by atoms with Crippen LogP contribution >= 0.6 is 0 Å². The number of amides is 1. The van der Waals surface area contributed by atoms with Crippen LogP contribution in [0.15, 0.2) is 85.2 Å². The zero-order valence-electron chi connectivity index (χ0n) is 20.5. The summed E-state index contributed by atoms with van der Waals surface area (Å²) >= 11 is 0. The molecule has 1 amide bonds. The molecule has 4 aromatic rings. The molecule has 0 unspecified atom stereocenters. The van der Waals surface area contributed by atoms with E-state index in [2.05, 4.69) is 15.3 Å². The first-order chi connectivity index (χ1) is 18.1. The Hall–Kier alpha value is -4.43. The van der Waals surface area contributed by atoms with Crippen LogP contribution in [0.5, 0.6) is 17.2 Å². The number of para-hydroxylation sites is 1. The lowest BCUT2D eigenvalue weighted by Crippen LogP contribution is -2.44. The van der Waals surface area contributed by atoms with Gasteiger partial charge in [-0.2, -0.15) is 0 Å². The molecular weight excluding hydrogens is 468 g/mol. The van der Waals surface area contributed by atoms with Gasteiger partial charge in [-0.05, 0) is 48.2 Å². The molecule has 0 aliphatic carbocycles. The van der Waals surface area contributed by atoms with Crippen LogP contribution in [0.4, 0.5) is 11.6 Å². The molecule has 1 aliphatic rings. The smallest absolute Gasteiger partial charge is 0.235 e. The van der Waals surface area contributed by atoms with Gasteiger partial charge in [0.05, 0.1) is 18.2 Å². The average molecular weight is 497 g/mol. The fourth-order valence-corrected chi connectivity index (χ4v) is 4.55. The molecule has 0 bridgehead atoms. The van der Waals surface area contributed by atoms with Gasteiger partial charge in [-0.25, -0.2) is 9.97 Å². The monoisotopic (exact) mass is 496 g/mol. The van der Waals surface area contributed by atoms with E-state index in [1.807, 2.05) is 60.7 Å². The third-order valence-electron chi connectivity index (χ3n) is 6.62. The number of methoxy groups -OCH3 is 1. The minimum atomic E-state index is -0.754. The summed E-state index contributed by atoms with van der Waals surface area (Å²) in [7, 11) is 1.58. The van der Waals surface area contributed by atoms with Crippen molar-refractivity contribution in [2.75, 3.05) is 31.4 Å². The summed E-state index contributed by atoms with van der Waals surface area (Å²) in [4.78, 5) is 22.1. The van der Waals surface area contributed by atoms with Crippen molar-refractivity contribution in [3.8, 4) is 28.4 Å². The van der Waals surface area contributed by atoms with Crippen LogP contribution in [0.3, 0.4) is 0 Å². The highest BCUT2D eigenvalue weighted by Crippen LogP contribution is 2.39. The van der Waals surface area contributed by atoms with Crippen molar-refractivity contribution in [2.45, 2.75) is 18.3 Å². The van der Waals surface area contributed by atoms with Crippen molar-refractivity contribution >= 4 is 17.5 Å². The Morgan fingerprint density at radius 1 is 0.919 bits per heavy atom. The van der Waals surface area contributed by atoms with Crippen LogP contribution in [0.1, 0.15) is 18.4 Å². The first-order valence-corrected chi connectivity index (χ1v) is 12.1. The Bertz CT molecular complexity index is 1350. The van der Waals surface area contributed by atoms with E-state index >= 15 is 0 Å². The van der Waals surface area contributed by atoms with Crippen molar-refractivity contribution in [1.29, 1.82) is 0 Å². The van der Waals surface area contributed by atoms with E-state index in [0.29, 0.717) is 49.0 Å². The number of carbonyl (C=O) groups excluding carboxylic acids is 1. The Morgan fingerprint density at radius 3 is 2.30 bits per heavy atom. The molecule has 8 nitrogen and oxygen atoms in total. The van der Waals surface area contributed by atoms with Crippen molar-refractivity contribution < 1.29 is 19.0 Å². The molecule has 0 saturated carbocycles. The number of ether oxygens (including phenoxy) is 3. The van der Waals surface area contributed by atoms with Crippen LogP contribution < -0.4 is 20.5 Å². The lowest BCUT2D eigenvalue weighted by atomic mass is 9.73. The highest BCUT2D eigenvalue weighted by atomic mass is 16.5. The molecule has 3 aromatic carbocycles. The maximum Gasteiger partial charge on any atom is 0.235 e. The molecule has 5 rings (SSSR count). The number of nitrogens with one attached hydrogen (secondary N) is 1. The summed E-state index contributed by atoms with van der Waals surface area (Å²) in [5.74, 6) is 1.96. The molecule has 8 heteroatoms. The second-order valence-electron chi connectivity index (χ2n) is 8.83. The van der Waals surface area contributed by atoms with Crippen molar-refractivity contribution in [3.05, 3.63) is 90.8 Å². The van der Waals surface area contributed by atoms with Gasteiger partial charge in [-0.15, -0.1) is 0 Å². The maximum atomic E-state index is 13.9. The van der Waals surface area contributed by atoms with Gasteiger partial charge in [0.2, 0.25) is 11.9 Å².